The smallest absolute Gasteiger partial charge is 0.191 e. The number of rotatable bonds is 6. The van der Waals surface area contributed by atoms with Crippen molar-refractivity contribution in [1.29, 1.82) is 0 Å². The SMILES string of the molecule is C=CCNC(=NCc1ccccc1OC)NCC.I. The minimum atomic E-state index is 0. The zero-order chi connectivity index (χ0) is 13.2. The van der Waals surface area contributed by atoms with Gasteiger partial charge in [-0.1, -0.05) is 24.3 Å². The van der Waals surface area contributed by atoms with Crippen LogP contribution in [0.2, 0.25) is 0 Å². The van der Waals surface area contributed by atoms with Crippen molar-refractivity contribution in [2.75, 3.05) is 20.2 Å². The number of hydrogen-bond donors (Lipinski definition) is 2. The second-order valence-corrected chi connectivity index (χ2v) is 3.68. The molecule has 0 heterocycles. The molecule has 0 atom stereocenters. The lowest BCUT2D eigenvalue weighted by Crippen LogP contribution is -2.37. The van der Waals surface area contributed by atoms with Gasteiger partial charge in [-0.05, 0) is 13.0 Å². The second-order valence-electron chi connectivity index (χ2n) is 3.68. The second kappa shape index (κ2) is 10.7. The van der Waals surface area contributed by atoms with Crippen LogP contribution < -0.4 is 15.4 Å². The molecule has 106 valence electrons. The molecule has 0 saturated heterocycles. The van der Waals surface area contributed by atoms with Crippen molar-refractivity contribution in [3.05, 3.63) is 42.5 Å². The van der Waals surface area contributed by atoms with Gasteiger partial charge in [-0.3, -0.25) is 0 Å². The van der Waals surface area contributed by atoms with Gasteiger partial charge in [-0.2, -0.15) is 0 Å². The molecule has 0 spiro atoms. The molecule has 1 rings (SSSR count). The van der Waals surface area contributed by atoms with Gasteiger partial charge in [0.2, 0.25) is 0 Å². The van der Waals surface area contributed by atoms with E-state index in [1.54, 1.807) is 13.2 Å². The number of nitrogens with zero attached hydrogens (tertiary/aromatic N) is 1. The quantitative estimate of drug-likeness (QED) is 0.348. The van der Waals surface area contributed by atoms with Crippen LogP contribution in [-0.4, -0.2) is 26.2 Å². The lowest BCUT2D eigenvalue weighted by atomic mass is 10.2. The van der Waals surface area contributed by atoms with Gasteiger partial charge in [0, 0.05) is 18.7 Å². The van der Waals surface area contributed by atoms with Crippen LogP contribution in [-0.2, 0) is 6.54 Å². The van der Waals surface area contributed by atoms with E-state index in [2.05, 4.69) is 22.2 Å². The third-order valence-electron chi connectivity index (χ3n) is 2.36. The first-order valence-electron chi connectivity index (χ1n) is 6.06. The van der Waals surface area contributed by atoms with E-state index in [0.717, 1.165) is 23.8 Å². The largest absolute Gasteiger partial charge is 0.496 e. The van der Waals surface area contributed by atoms with E-state index in [9.17, 15) is 0 Å². The molecule has 0 aliphatic heterocycles. The standard InChI is InChI=1S/C14H21N3O.HI/c1-4-10-16-14(15-5-2)17-11-12-8-6-7-9-13(12)18-3;/h4,6-9H,1,5,10-11H2,2-3H3,(H2,15,16,17);1H. The van der Waals surface area contributed by atoms with Gasteiger partial charge < -0.3 is 15.4 Å². The van der Waals surface area contributed by atoms with Crippen molar-refractivity contribution < 1.29 is 4.74 Å². The van der Waals surface area contributed by atoms with E-state index >= 15 is 0 Å². The number of benzene rings is 1. The van der Waals surface area contributed by atoms with Gasteiger partial charge >= 0.3 is 0 Å². The number of ether oxygens (including phenoxy) is 1. The highest BCUT2D eigenvalue weighted by Gasteiger charge is 2.01. The maximum Gasteiger partial charge on any atom is 0.191 e. The van der Waals surface area contributed by atoms with Crippen molar-refractivity contribution in [3.63, 3.8) is 0 Å². The minimum Gasteiger partial charge on any atom is -0.496 e. The third-order valence-corrected chi connectivity index (χ3v) is 2.36. The molecule has 0 unspecified atom stereocenters. The normalized spacial score (nSPS) is 10.3. The summed E-state index contributed by atoms with van der Waals surface area (Å²) in [5, 5.41) is 6.33. The fraction of sp³-hybridized carbons (Fsp3) is 0.357. The van der Waals surface area contributed by atoms with Gasteiger partial charge in [0.1, 0.15) is 5.75 Å². The molecule has 0 amide bonds. The summed E-state index contributed by atoms with van der Waals surface area (Å²) in [7, 11) is 1.67. The predicted octanol–water partition coefficient (Wildman–Crippen LogP) is 2.55. The summed E-state index contributed by atoms with van der Waals surface area (Å²) in [6.45, 7) is 7.81. The highest BCUT2D eigenvalue weighted by Crippen LogP contribution is 2.17. The topological polar surface area (TPSA) is 45.7 Å². The Morgan fingerprint density at radius 3 is 2.74 bits per heavy atom. The molecule has 1 aromatic carbocycles. The van der Waals surface area contributed by atoms with E-state index in [0.29, 0.717) is 13.1 Å². The zero-order valence-corrected chi connectivity index (χ0v) is 13.8. The van der Waals surface area contributed by atoms with Crippen LogP contribution in [0.4, 0.5) is 0 Å². The van der Waals surface area contributed by atoms with Crippen LogP contribution in [0, 0.1) is 0 Å². The molecule has 0 aromatic heterocycles. The van der Waals surface area contributed by atoms with Crippen LogP contribution >= 0.6 is 24.0 Å². The number of methoxy groups -OCH3 is 1. The maximum atomic E-state index is 5.29. The summed E-state index contributed by atoms with van der Waals surface area (Å²) < 4.78 is 5.29. The first kappa shape index (κ1) is 17.8. The Balaban J connectivity index is 0.00000324. The molecule has 0 aliphatic rings. The number of hydrogen-bond acceptors (Lipinski definition) is 2. The molecule has 0 bridgehead atoms. The molecule has 0 radical (unpaired) electrons. The highest BCUT2D eigenvalue weighted by molar-refractivity contribution is 14.0. The van der Waals surface area contributed by atoms with E-state index < -0.39 is 0 Å². The van der Waals surface area contributed by atoms with Crippen molar-refractivity contribution in [2.24, 2.45) is 4.99 Å². The summed E-state index contributed by atoms with van der Waals surface area (Å²) in [6.07, 6.45) is 1.80. The Hall–Kier alpha value is -1.24. The molecule has 0 fully saturated rings. The average molecular weight is 375 g/mol. The lowest BCUT2D eigenvalue weighted by Gasteiger charge is -2.10. The lowest BCUT2D eigenvalue weighted by molar-refractivity contribution is 0.410. The average Bonchev–Trinajstić information content (AvgIpc) is 2.42. The van der Waals surface area contributed by atoms with Crippen molar-refractivity contribution in [3.8, 4) is 5.75 Å². The number of halogens is 1. The zero-order valence-electron chi connectivity index (χ0n) is 11.5. The fourth-order valence-corrected chi connectivity index (χ4v) is 1.51. The Kier molecular flexibility index (Phi) is 9.97. The van der Waals surface area contributed by atoms with E-state index in [1.807, 2.05) is 31.2 Å². The Bertz CT molecular complexity index is 407. The summed E-state index contributed by atoms with van der Waals surface area (Å²) in [5.74, 6) is 1.64. The summed E-state index contributed by atoms with van der Waals surface area (Å²) in [6, 6.07) is 7.89. The maximum absolute atomic E-state index is 5.29. The number of para-hydroxylation sites is 1. The molecular weight excluding hydrogens is 353 g/mol. The van der Waals surface area contributed by atoms with Crippen molar-refractivity contribution in [1.82, 2.24) is 10.6 Å². The van der Waals surface area contributed by atoms with Crippen molar-refractivity contribution >= 4 is 29.9 Å². The van der Waals surface area contributed by atoms with Crippen LogP contribution in [0.15, 0.2) is 41.9 Å². The summed E-state index contributed by atoms with van der Waals surface area (Å²) in [5.41, 5.74) is 1.07. The predicted molar refractivity (Wildman–Crippen MR) is 91.4 cm³/mol. The third kappa shape index (κ3) is 6.47. The molecule has 2 N–H and O–H groups in total. The fourth-order valence-electron chi connectivity index (χ4n) is 1.51. The summed E-state index contributed by atoms with van der Waals surface area (Å²) in [4.78, 5) is 4.50. The summed E-state index contributed by atoms with van der Waals surface area (Å²) >= 11 is 0. The number of aliphatic imine (C=N–C) groups is 1. The molecule has 0 saturated carbocycles. The monoisotopic (exact) mass is 375 g/mol. The molecule has 4 nitrogen and oxygen atoms in total. The molecular formula is C14H22IN3O. The van der Waals surface area contributed by atoms with Gasteiger partial charge in [0.05, 0.1) is 13.7 Å². The van der Waals surface area contributed by atoms with Gasteiger partial charge in [0.15, 0.2) is 5.96 Å². The van der Waals surface area contributed by atoms with Crippen LogP contribution in [0.1, 0.15) is 12.5 Å². The van der Waals surface area contributed by atoms with E-state index in [4.69, 9.17) is 4.74 Å². The van der Waals surface area contributed by atoms with Gasteiger partial charge in [0.25, 0.3) is 0 Å². The number of nitrogens with one attached hydrogen (secondary N) is 2. The van der Waals surface area contributed by atoms with Crippen LogP contribution in [0.3, 0.4) is 0 Å². The van der Waals surface area contributed by atoms with Gasteiger partial charge in [-0.15, -0.1) is 30.6 Å². The van der Waals surface area contributed by atoms with E-state index in [1.165, 1.54) is 0 Å². The van der Waals surface area contributed by atoms with Crippen molar-refractivity contribution in [2.45, 2.75) is 13.5 Å². The molecule has 1 aromatic rings. The molecule has 19 heavy (non-hydrogen) atoms. The van der Waals surface area contributed by atoms with Crippen LogP contribution in [0.25, 0.3) is 0 Å². The minimum absolute atomic E-state index is 0. The first-order valence-corrected chi connectivity index (χ1v) is 6.06. The molecule has 5 heteroatoms. The number of guanidine groups is 1. The molecule has 0 aliphatic carbocycles. The Morgan fingerprint density at radius 1 is 1.37 bits per heavy atom. The first-order chi connectivity index (χ1) is 8.81. The van der Waals surface area contributed by atoms with Crippen LogP contribution in [0.5, 0.6) is 5.75 Å². The Morgan fingerprint density at radius 2 is 2.11 bits per heavy atom. The Labute approximate surface area is 132 Å². The van der Waals surface area contributed by atoms with E-state index in [-0.39, 0.29) is 24.0 Å². The van der Waals surface area contributed by atoms with Gasteiger partial charge in [-0.25, -0.2) is 4.99 Å². The highest BCUT2D eigenvalue weighted by atomic mass is 127.